The fourth-order valence-electron chi connectivity index (χ4n) is 1.59. The van der Waals surface area contributed by atoms with E-state index in [1.807, 2.05) is 17.5 Å². The number of methoxy groups -OCH3 is 1. The van der Waals surface area contributed by atoms with Crippen LogP contribution in [0.3, 0.4) is 0 Å². The SMILES string of the molecule is COC(=O)C(C)N1C(=O)C(=Cc2cccs2)SC1=S. The summed E-state index contributed by atoms with van der Waals surface area (Å²) in [6.45, 7) is 1.60. The molecule has 1 atom stereocenters. The van der Waals surface area contributed by atoms with Crippen LogP contribution in [-0.4, -0.2) is 34.2 Å². The molecule has 1 amide bonds. The molecular formula is C12H11NO3S3. The number of nitrogens with zero attached hydrogens (tertiary/aromatic N) is 1. The highest BCUT2D eigenvalue weighted by Crippen LogP contribution is 2.34. The molecule has 1 aliphatic heterocycles. The smallest absolute Gasteiger partial charge is 0.328 e. The Balaban J connectivity index is 2.24. The van der Waals surface area contributed by atoms with Crippen LogP contribution in [0.15, 0.2) is 22.4 Å². The topological polar surface area (TPSA) is 46.6 Å². The van der Waals surface area contributed by atoms with Gasteiger partial charge in [-0.1, -0.05) is 30.0 Å². The molecule has 0 spiro atoms. The summed E-state index contributed by atoms with van der Waals surface area (Å²) in [6, 6.07) is 3.13. The number of hydrogen-bond donors (Lipinski definition) is 0. The normalized spacial score (nSPS) is 19.1. The molecule has 0 N–H and O–H groups in total. The summed E-state index contributed by atoms with van der Waals surface area (Å²) in [5.41, 5.74) is 0. The Morgan fingerprint density at radius 2 is 2.32 bits per heavy atom. The molecule has 2 rings (SSSR count). The molecule has 0 aromatic carbocycles. The van der Waals surface area contributed by atoms with Gasteiger partial charge in [0.1, 0.15) is 10.4 Å². The molecule has 1 aliphatic rings. The third-order valence-electron chi connectivity index (χ3n) is 2.57. The summed E-state index contributed by atoms with van der Waals surface area (Å²) in [7, 11) is 1.29. The molecule has 2 heterocycles. The van der Waals surface area contributed by atoms with E-state index in [2.05, 4.69) is 4.74 Å². The van der Waals surface area contributed by atoms with Gasteiger partial charge in [-0.15, -0.1) is 11.3 Å². The highest BCUT2D eigenvalue weighted by atomic mass is 32.2. The molecule has 4 nitrogen and oxygen atoms in total. The predicted molar refractivity (Wildman–Crippen MR) is 80.8 cm³/mol. The maximum atomic E-state index is 12.3. The average Bonchev–Trinajstić information content (AvgIpc) is 2.98. The van der Waals surface area contributed by atoms with Crippen LogP contribution < -0.4 is 0 Å². The number of hydrogen-bond acceptors (Lipinski definition) is 6. The van der Waals surface area contributed by atoms with Gasteiger partial charge in [-0.05, 0) is 24.4 Å². The molecule has 0 bridgehead atoms. The Labute approximate surface area is 124 Å². The minimum Gasteiger partial charge on any atom is -0.467 e. The Morgan fingerprint density at radius 1 is 1.58 bits per heavy atom. The van der Waals surface area contributed by atoms with Crippen molar-refractivity contribution in [3.63, 3.8) is 0 Å². The summed E-state index contributed by atoms with van der Waals surface area (Å²) < 4.78 is 5.02. The second kappa shape index (κ2) is 5.85. The summed E-state index contributed by atoms with van der Waals surface area (Å²) in [5.74, 6) is -0.727. The van der Waals surface area contributed by atoms with E-state index in [9.17, 15) is 9.59 Å². The van der Waals surface area contributed by atoms with Gasteiger partial charge in [0.25, 0.3) is 5.91 Å². The first-order chi connectivity index (χ1) is 9.04. The van der Waals surface area contributed by atoms with Crippen LogP contribution in [-0.2, 0) is 14.3 Å². The second-order valence-corrected chi connectivity index (χ2v) is 6.42. The predicted octanol–water partition coefficient (Wildman–Crippen LogP) is 2.51. The Bertz CT molecular complexity index is 551. The fourth-order valence-corrected chi connectivity index (χ4v) is 3.73. The van der Waals surface area contributed by atoms with E-state index in [0.29, 0.717) is 9.23 Å². The molecule has 1 saturated heterocycles. The summed E-state index contributed by atoms with van der Waals surface area (Å²) in [6.07, 6.45) is 1.79. The molecule has 1 aromatic rings. The zero-order valence-corrected chi connectivity index (χ0v) is 12.7. The molecule has 1 aromatic heterocycles. The molecule has 7 heteroatoms. The lowest BCUT2D eigenvalue weighted by molar-refractivity contribution is -0.147. The first kappa shape index (κ1) is 14.2. The van der Waals surface area contributed by atoms with Crippen LogP contribution in [0.5, 0.6) is 0 Å². The van der Waals surface area contributed by atoms with Crippen molar-refractivity contribution >= 4 is 57.6 Å². The molecule has 0 radical (unpaired) electrons. The number of ether oxygens (including phenoxy) is 1. The lowest BCUT2D eigenvalue weighted by atomic mass is 10.3. The molecule has 1 fully saturated rings. The van der Waals surface area contributed by atoms with Crippen LogP contribution in [0.1, 0.15) is 11.8 Å². The molecule has 0 saturated carbocycles. The lowest BCUT2D eigenvalue weighted by Crippen LogP contribution is -2.42. The minimum absolute atomic E-state index is 0.249. The zero-order chi connectivity index (χ0) is 14.0. The third kappa shape index (κ3) is 2.88. The standard InChI is InChI=1S/C12H11NO3S3/c1-7(11(15)16-2)13-10(14)9(19-12(13)17)6-8-4-3-5-18-8/h3-7H,1-2H3. The molecule has 100 valence electrons. The third-order valence-corrected chi connectivity index (χ3v) is 4.72. The fraction of sp³-hybridized carbons (Fsp3) is 0.250. The van der Waals surface area contributed by atoms with Gasteiger partial charge in [-0.2, -0.15) is 0 Å². The number of rotatable bonds is 3. The van der Waals surface area contributed by atoms with Gasteiger partial charge in [0, 0.05) is 4.88 Å². The van der Waals surface area contributed by atoms with Crippen LogP contribution in [0.2, 0.25) is 0 Å². The number of thiocarbonyl (C=S) groups is 1. The Morgan fingerprint density at radius 3 is 2.89 bits per heavy atom. The molecular weight excluding hydrogens is 302 g/mol. The maximum absolute atomic E-state index is 12.3. The Kier molecular flexibility index (Phi) is 4.38. The van der Waals surface area contributed by atoms with Crippen molar-refractivity contribution in [3.8, 4) is 0 Å². The Hall–Kier alpha value is -1.18. The van der Waals surface area contributed by atoms with Gasteiger partial charge in [0.2, 0.25) is 0 Å². The first-order valence-corrected chi connectivity index (χ1v) is 7.53. The number of carbonyl (C=O) groups excluding carboxylic acids is 2. The zero-order valence-electron chi connectivity index (χ0n) is 10.3. The van der Waals surface area contributed by atoms with Gasteiger partial charge in [-0.3, -0.25) is 9.69 Å². The average molecular weight is 313 g/mol. The maximum Gasteiger partial charge on any atom is 0.328 e. The van der Waals surface area contributed by atoms with Crippen LogP contribution >= 0.6 is 35.3 Å². The monoisotopic (exact) mass is 313 g/mol. The van der Waals surface area contributed by atoms with Gasteiger partial charge in [0.05, 0.1) is 12.0 Å². The van der Waals surface area contributed by atoms with Crippen molar-refractivity contribution in [1.82, 2.24) is 4.90 Å². The van der Waals surface area contributed by atoms with E-state index in [1.54, 1.807) is 13.0 Å². The quantitative estimate of drug-likeness (QED) is 0.487. The van der Waals surface area contributed by atoms with Crippen molar-refractivity contribution < 1.29 is 14.3 Å². The number of thiophene rings is 1. The number of esters is 1. The van der Waals surface area contributed by atoms with E-state index >= 15 is 0 Å². The van der Waals surface area contributed by atoms with E-state index < -0.39 is 12.0 Å². The summed E-state index contributed by atoms with van der Waals surface area (Å²) in [5, 5.41) is 1.93. The second-order valence-electron chi connectivity index (χ2n) is 3.77. The molecule has 0 aliphatic carbocycles. The van der Waals surface area contributed by atoms with Gasteiger partial charge >= 0.3 is 5.97 Å². The molecule has 19 heavy (non-hydrogen) atoms. The van der Waals surface area contributed by atoms with E-state index in [4.69, 9.17) is 12.2 Å². The largest absolute Gasteiger partial charge is 0.467 e. The lowest BCUT2D eigenvalue weighted by Gasteiger charge is -2.20. The highest BCUT2D eigenvalue weighted by Gasteiger charge is 2.38. The number of amides is 1. The van der Waals surface area contributed by atoms with Crippen molar-refractivity contribution in [3.05, 3.63) is 27.3 Å². The van der Waals surface area contributed by atoms with Crippen LogP contribution in [0.4, 0.5) is 0 Å². The van der Waals surface area contributed by atoms with E-state index in [1.165, 1.54) is 35.1 Å². The summed E-state index contributed by atoms with van der Waals surface area (Å²) in [4.78, 5) is 26.6. The van der Waals surface area contributed by atoms with Crippen LogP contribution in [0.25, 0.3) is 6.08 Å². The van der Waals surface area contributed by atoms with E-state index in [-0.39, 0.29) is 5.91 Å². The van der Waals surface area contributed by atoms with Gasteiger partial charge in [-0.25, -0.2) is 4.79 Å². The first-order valence-electron chi connectivity index (χ1n) is 5.43. The van der Waals surface area contributed by atoms with Crippen LogP contribution in [0, 0.1) is 0 Å². The summed E-state index contributed by atoms with van der Waals surface area (Å²) >= 11 is 7.90. The van der Waals surface area contributed by atoms with Crippen molar-refractivity contribution in [2.45, 2.75) is 13.0 Å². The van der Waals surface area contributed by atoms with Gasteiger partial charge < -0.3 is 4.74 Å². The van der Waals surface area contributed by atoms with E-state index in [0.717, 1.165) is 4.88 Å². The number of carbonyl (C=O) groups is 2. The van der Waals surface area contributed by atoms with Crippen molar-refractivity contribution in [2.75, 3.05) is 7.11 Å². The van der Waals surface area contributed by atoms with Crippen molar-refractivity contribution in [2.24, 2.45) is 0 Å². The van der Waals surface area contributed by atoms with Crippen molar-refractivity contribution in [1.29, 1.82) is 0 Å². The number of thioether (sulfide) groups is 1. The molecule has 1 unspecified atom stereocenters. The van der Waals surface area contributed by atoms with Gasteiger partial charge in [0.15, 0.2) is 0 Å². The minimum atomic E-state index is -0.702. The highest BCUT2D eigenvalue weighted by molar-refractivity contribution is 8.26.